The molecule has 140 valence electrons. The molecule has 2 aromatic carbocycles. The van der Waals surface area contributed by atoms with Gasteiger partial charge in [0.1, 0.15) is 5.82 Å². The van der Waals surface area contributed by atoms with Crippen LogP contribution in [0.5, 0.6) is 0 Å². The summed E-state index contributed by atoms with van der Waals surface area (Å²) < 4.78 is 16.3. The zero-order valence-electron chi connectivity index (χ0n) is 15.4. The summed E-state index contributed by atoms with van der Waals surface area (Å²) in [5.41, 5.74) is 2.38. The Kier molecular flexibility index (Phi) is 6.29. The zero-order chi connectivity index (χ0) is 19.2. The van der Waals surface area contributed by atoms with Gasteiger partial charge in [-0.05, 0) is 23.4 Å². The van der Waals surface area contributed by atoms with E-state index in [1.54, 1.807) is 36.2 Å². The fraction of sp³-hybridized carbons (Fsp3) is 0.238. The highest BCUT2D eigenvalue weighted by molar-refractivity contribution is 7.98. The lowest BCUT2D eigenvalue weighted by Crippen LogP contribution is -2.26. The fourth-order valence-corrected chi connectivity index (χ4v) is 3.63. The van der Waals surface area contributed by atoms with Crippen LogP contribution in [0, 0.1) is 5.82 Å². The first kappa shape index (κ1) is 19.2. The second kappa shape index (κ2) is 8.86. The van der Waals surface area contributed by atoms with Crippen molar-refractivity contribution in [2.75, 3.05) is 6.26 Å². The molecule has 1 amide bonds. The van der Waals surface area contributed by atoms with E-state index >= 15 is 0 Å². The van der Waals surface area contributed by atoms with Gasteiger partial charge in [0, 0.05) is 19.4 Å². The van der Waals surface area contributed by atoms with Crippen LogP contribution in [0.25, 0.3) is 0 Å². The Morgan fingerprint density at radius 2 is 1.89 bits per heavy atom. The molecule has 0 aliphatic rings. The first-order valence-corrected chi connectivity index (χ1v) is 9.93. The number of carbonyl (C=O) groups excluding carboxylic acids is 1. The standard InChI is InChI=1S/C21H22FN3OS/c1-25-16(14-24-21(25)27-2)13-23-20(26)12-18(15-8-4-3-5-9-15)17-10-6-7-11-19(17)22/h3-11,14,18H,12-13H2,1-2H3,(H,23,26). The van der Waals surface area contributed by atoms with Crippen LogP contribution < -0.4 is 5.32 Å². The number of benzene rings is 2. The maximum absolute atomic E-state index is 14.4. The molecule has 1 unspecified atom stereocenters. The van der Waals surface area contributed by atoms with Crippen molar-refractivity contribution in [3.8, 4) is 0 Å². The zero-order valence-corrected chi connectivity index (χ0v) is 16.2. The average Bonchev–Trinajstić information content (AvgIpc) is 3.05. The number of carbonyl (C=O) groups is 1. The number of amides is 1. The Hall–Kier alpha value is -2.60. The Bertz CT molecular complexity index is 911. The van der Waals surface area contributed by atoms with Gasteiger partial charge in [-0.1, -0.05) is 60.3 Å². The summed E-state index contributed by atoms with van der Waals surface area (Å²) in [7, 11) is 1.92. The van der Waals surface area contributed by atoms with Crippen LogP contribution in [-0.4, -0.2) is 21.7 Å². The van der Waals surface area contributed by atoms with E-state index in [9.17, 15) is 9.18 Å². The predicted octanol–water partition coefficient (Wildman–Crippen LogP) is 4.12. The Balaban J connectivity index is 1.75. The minimum absolute atomic E-state index is 0.126. The SMILES string of the molecule is CSc1ncc(CNC(=O)CC(c2ccccc2)c2ccccc2F)n1C. The molecule has 6 heteroatoms. The lowest BCUT2D eigenvalue weighted by atomic mass is 9.88. The molecule has 0 fully saturated rings. The van der Waals surface area contributed by atoms with E-state index < -0.39 is 0 Å². The smallest absolute Gasteiger partial charge is 0.221 e. The Morgan fingerprint density at radius 1 is 1.19 bits per heavy atom. The largest absolute Gasteiger partial charge is 0.350 e. The lowest BCUT2D eigenvalue weighted by molar-refractivity contribution is -0.121. The molecule has 3 rings (SSSR count). The minimum atomic E-state index is -0.333. The third-order valence-electron chi connectivity index (χ3n) is 4.56. The summed E-state index contributed by atoms with van der Waals surface area (Å²) in [4.78, 5) is 16.9. The number of aromatic nitrogens is 2. The highest BCUT2D eigenvalue weighted by Crippen LogP contribution is 2.29. The number of nitrogens with zero attached hydrogens (tertiary/aromatic N) is 2. The van der Waals surface area contributed by atoms with Crippen molar-refractivity contribution in [2.45, 2.75) is 24.0 Å². The molecule has 0 saturated carbocycles. The third kappa shape index (κ3) is 4.57. The summed E-state index contributed by atoms with van der Waals surface area (Å²) >= 11 is 1.55. The number of hydrogen-bond donors (Lipinski definition) is 1. The molecule has 0 radical (unpaired) electrons. The first-order chi connectivity index (χ1) is 13.1. The highest BCUT2D eigenvalue weighted by atomic mass is 32.2. The van der Waals surface area contributed by atoms with Gasteiger partial charge in [-0.3, -0.25) is 4.79 Å². The van der Waals surface area contributed by atoms with Gasteiger partial charge in [0.05, 0.1) is 18.4 Å². The van der Waals surface area contributed by atoms with Gasteiger partial charge in [0.2, 0.25) is 5.91 Å². The van der Waals surface area contributed by atoms with Crippen molar-refractivity contribution >= 4 is 17.7 Å². The number of halogens is 1. The van der Waals surface area contributed by atoms with Crippen LogP contribution in [0.2, 0.25) is 0 Å². The van der Waals surface area contributed by atoms with Gasteiger partial charge < -0.3 is 9.88 Å². The van der Waals surface area contributed by atoms with Crippen molar-refractivity contribution < 1.29 is 9.18 Å². The van der Waals surface area contributed by atoms with E-state index in [2.05, 4.69) is 10.3 Å². The van der Waals surface area contributed by atoms with Gasteiger partial charge in [-0.2, -0.15) is 0 Å². The maximum atomic E-state index is 14.4. The molecule has 1 atom stereocenters. The van der Waals surface area contributed by atoms with E-state index in [1.165, 1.54) is 6.07 Å². The van der Waals surface area contributed by atoms with Gasteiger partial charge >= 0.3 is 0 Å². The molecule has 1 N–H and O–H groups in total. The van der Waals surface area contributed by atoms with Gasteiger partial charge in [-0.15, -0.1) is 0 Å². The van der Waals surface area contributed by atoms with Crippen molar-refractivity contribution in [2.24, 2.45) is 7.05 Å². The molecule has 4 nitrogen and oxygen atoms in total. The molecule has 0 aliphatic carbocycles. The molecule has 1 aromatic heterocycles. The topological polar surface area (TPSA) is 46.9 Å². The van der Waals surface area contributed by atoms with Gasteiger partial charge in [-0.25, -0.2) is 9.37 Å². The number of rotatable bonds is 7. The summed E-state index contributed by atoms with van der Waals surface area (Å²) in [5.74, 6) is -0.755. The maximum Gasteiger partial charge on any atom is 0.221 e. The number of imidazole rings is 1. The Labute approximate surface area is 162 Å². The molecule has 0 bridgehead atoms. The lowest BCUT2D eigenvalue weighted by Gasteiger charge is -2.18. The van der Waals surface area contributed by atoms with E-state index in [0.29, 0.717) is 12.1 Å². The van der Waals surface area contributed by atoms with Crippen molar-refractivity contribution in [3.63, 3.8) is 0 Å². The molecule has 27 heavy (non-hydrogen) atoms. The summed E-state index contributed by atoms with van der Waals surface area (Å²) in [5, 5.41) is 3.83. The van der Waals surface area contributed by atoms with Gasteiger partial charge in [0.25, 0.3) is 0 Å². The second-order valence-corrected chi connectivity index (χ2v) is 7.03. The third-order valence-corrected chi connectivity index (χ3v) is 5.31. The quantitative estimate of drug-likeness (QED) is 0.625. The highest BCUT2D eigenvalue weighted by Gasteiger charge is 2.21. The van der Waals surface area contributed by atoms with Crippen LogP contribution >= 0.6 is 11.8 Å². The Morgan fingerprint density at radius 3 is 2.56 bits per heavy atom. The summed E-state index contributed by atoms with van der Waals surface area (Å²) in [6, 6.07) is 16.2. The van der Waals surface area contributed by atoms with Gasteiger partial charge in [0.15, 0.2) is 5.16 Å². The van der Waals surface area contributed by atoms with Crippen molar-refractivity contribution in [3.05, 3.63) is 83.4 Å². The van der Waals surface area contributed by atoms with Crippen molar-refractivity contribution in [1.29, 1.82) is 0 Å². The second-order valence-electron chi connectivity index (χ2n) is 6.26. The summed E-state index contributed by atoms with van der Waals surface area (Å²) in [6.45, 7) is 0.391. The molecule has 3 aromatic rings. The molecule has 0 spiro atoms. The van der Waals surface area contributed by atoms with E-state index in [-0.39, 0.29) is 24.1 Å². The van der Waals surface area contributed by atoms with Crippen molar-refractivity contribution in [1.82, 2.24) is 14.9 Å². The van der Waals surface area contributed by atoms with Crippen LogP contribution in [0.15, 0.2) is 66.0 Å². The van der Waals surface area contributed by atoms with E-state index in [0.717, 1.165) is 16.4 Å². The number of thioether (sulfide) groups is 1. The van der Waals surface area contributed by atoms with Crippen LogP contribution in [-0.2, 0) is 18.4 Å². The molecular formula is C21H22FN3OS. The van der Waals surface area contributed by atoms with E-state index in [1.807, 2.05) is 48.2 Å². The normalized spacial score (nSPS) is 12.0. The average molecular weight is 383 g/mol. The molecular weight excluding hydrogens is 361 g/mol. The fourth-order valence-electron chi connectivity index (χ4n) is 3.08. The molecule has 0 aliphatic heterocycles. The first-order valence-electron chi connectivity index (χ1n) is 8.70. The van der Waals surface area contributed by atoms with Crippen LogP contribution in [0.1, 0.15) is 29.2 Å². The number of nitrogens with one attached hydrogen (secondary N) is 1. The monoisotopic (exact) mass is 383 g/mol. The van der Waals surface area contributed by atoms with E-state index in [4.69, 9.17) is 0 Å². The minimum Gasteiger partial charge on any atom is -0.350 e. The van der Waals surface area contributed by atoms with Crippen LogP contribution in [0.4, 0.5) is 4.39 Å². The summed E-state index contributed by atoms with van der Waals surface area (Å²) in [6.07, 6.45) is 3.90. The number of hydrogen-bond acceptors (Lipinski definition) is 3. The molecule has 1 heterocycles. The van der Waals surface area contributed by atoms with Crippen LogP contribution in [0.3, 0.4) is 0 Å². The predicted molar refractivity (Wildman–Crippen MR) is 106 cm³/mol. The molecule has 0 saturated heterocycles.